The van der Waals surface area contributed by atoms with Crippen LogP contribution in [0.4, 0.5) is 4.39 Å². The van der Waals surface area contributed by atoms with Crippen molar-refractivity contribution in [1.29, 1.82) is 5.26 Å². The first-order chi connectivity index (χ1) is 12.2. The van der Waals surface area contributed by atoms with E-state index in [9.17, 15) is 9.65 Å². The number of hydrogen-bond donors (Lipinski definition) is 0. The van der Waals surface area contributed by atoms with Crippen molar-refractivity contribution in [2.75, 3.05) is 0 Å². The van der Waals surface area contributed by atoms with Crippen LogP contribution in [0.25, 0.3) is 11.6 Å². The number of hydrogen-bond acceptors (Lipinski definition) is 2. The molecule has 1 atom stereocenters. The van der Waals surface area contributed by atoms with Crippen LogP contribution in [0.5, 0.6) is 0 Å². The van der Waals surface area contributed by atoms with Gasteiger partial charge in [0.25, 0.3) is 0 Å². The minimum absolute atomic E-state index is 0.0552. The van der Waals surface area contributed by atoms with E-state index >= 15 is 0 Å². The Bertz CT molecular complexity index is 992. The second-order valence-electron chi connectivity index (χ2n) is 6.23. The molecular weight excluding hydrogens is 313 g/mol. The summed E-state index contributed by atoms with van der Waals surface area (Å²) in [5.74, 6) is -0.194. The first-order valence-electron chi connectivity index (χ1n) is 8.19. The number of fused-ring (bicyclic) bond motifs is 1. The van der Waals surface area contributed by atoms with Gasteiger partial charge in [-0.2, -0.15) is 10.4 Å². The maximum atomic E-state index is 13.2. The lowest BCUT2D eigenvalue weighted by Crippen LogP contribution is -2.03. The van der Waals surface area contributed by atoms with Gasteiger partial charge in [0.05, 0.1) is 12.2 Å². The van der Waals surface area contributed by atoms with Crippen LogP contribution in [0.2, 0.25) is 0 Å². The van der Waals surface area contributed by atoms with E-state index in [-0.39, 0.29) is 11.7 Å². The third-order valence-corrected chi connectivity index (χ3v) is 4.68. The number of aromatic nitrogens is 2. The average Bonchev–Trinajstić information content (AvgIpc) is 3.15. The molecule has 0 aliphatic heterocycles. The van der Waals surface area contributed by atoms with E-state index in [4.69, 9.17) is 0 Å². The van der Waals surface area contributed by atoms with E-state index in [1.807, 2.05) is 35.0 Å². The lowest BCUT2D eigenvalue weighted by atomic mass is 9.93. The zero-order chi connectivity index (χ0) is 17.4. The summed E-state index contributed by atoms with van der Waals surface area (Å²) >= 11 is 0. The fraction of sp³-hybridized carbons (Fsp3) is 0.143. The molecule has 4 heteroatoms. The smallest absolute Gasteiger partial charge is 0.166 e. The highest BCUT2D eigenvalue weighted by Gasteiger charge is 2.30. The molecule has 122 valence electrons. The Hall–Kier alpha value is -3.19. The Morgan fingerprint density at radius 3 is 2.52 bits per heavy atom. The Morgan fingerprint density at radius 2 is 1.84 bits per heavy atom. The molecule has 0 saturated heterocycles. The minimum Gasteiger partial charge on any atom is -0.259 e. The maximum absolute atomic E-state index is 13.2. The van der Waals surface area contributed by atoms with Gasteiger partial charge < -0.3 is 0 Å². The lowest BCUT2D eigenvalue weighted by molar-refractivity contribution is 0.627. The van der Waals surface area contributed by atoms with Crippen molar-refractivity contribution in [2.45, 2.75) is 19.4 Å². The minimum atomic E-state index is -0.250. The number of allylic oxidation sites excluding steroid dienone is 1. The summed E-state index contributed by atoms with van der Waals surface area (Å²) in [5, 5.41) is 14.0. The fourth-order valence-electron chi connectivity index (χ4n) is 3.43. The largest absolute Gasteiger partial charge is 0.259 e. The summed E-state index contributed by atoms with van der Waals surface area (Å²) < 4.78 is 15.1. The normalized spacial score (nSPS) is 15.6. The fourth-order valence-corrected chi connectivity index (χ4v) is 3.43. The highest BCUT2D eigenvalue weighted by molar-refractivity contribution is 5.91. The van der Waals surface area contributed by atoms with Crippen molar-refractivity contribution in [1.82, 2.24) is 9.78 Å². The van der Waals surface area contributed by atoms with Crippen LogP contribution in [-0.2, 0) is 6.54 Å². The van der Waals surface area contributed by atoms with Crippen LogP contribution in [-0.4, -0.2) is 9.78 Å². The molecule has 0 spiro atoms. The lowest BCUT2D eigenvalue weighted by Gasteiger charge is -2.10. The van der Waals surface area contributed by atoms with E-state index < -0.39 is 0 Å². The Morgan fingerprint density at radius 1 is 1.12 bits per heavy atom. The van der Waals surface area contributed by atoms with Gasteiger partial charge in [-0.05, 0) is 34.9 Å². The molecule has 1 aromatic heterocycles. The van der Waals surface area contributed by atoms with Crippen LogP contribution in [0, 0.1) is 17.1 Å². The molecule has 2 aromatic carbocycles. The molecule has 0 N–H and O–H groups in total. The molecule has 0 radical (unpaired) electrons. The van der Waals surface area contributed by atoms with Crippen molar-refractivity contribution in [3.8, 4) is 6.07 Å². The van der Waals surface area contributed by atoms with Gasteiger partial charge in [-0.25, -0.2) is 4.39 Å². The van der Waals surface area contributed by atoms with Crippen LogP contribution in [0.1, 0.15) is 40.9 Å². The van der Waals surface area contributed by atoms with Gasteiger partial charge in [0.1, 0.15) is 11.9 Å². The SMILES string of the molecule is C[C@H]1C(c2ccc(F)cc2)=Cc2c1c(C#N)nn2Cc1ccccc1. The molecule has 0 saturated carbocycles. The quantitative estimate of drug-likeness (QED) is 0.704. The van der Waals surface area contributed by atoms with Gasteiger partial charge in [0, 0.05) is 11.5 Å². The molecule has 3 aromatic rings. The van der Waals surface area contributed by atoms with Crippen molar-refractivity contribution >= 4 is 11.6 Å². The standard InChI is InChI=1S/C21H16FN3/c1-14-18(16-7-9-17(22)10-8-16)11-20-21(14)19(12-23)24-25(20)13-15-5-3-2-4-6-15/h2-11,14H,13H2,1H3/t14-/m0/s1. The predicted octanol–water partition coefficient (Wildman–Crippen LogP) is 4.60. The van der Waals surface area contributed by atoms with E-state index in [1.54, 1.807) is 12.1 Å². The molecule has 25 heavy (non-hydrogen) atoms. The molecule has 3 nitrogen and oxygen atoms in total. The average molecular weight is 329 g/mol. The molecule has 4 rings (SSSR count). The van der Waals surface area contributed by atoms with E-state index in [0.29, 0.717) is 12.2 Å². The molecule has 0 fully saturated rings. The molecule has 1 aliphatic carbocycles. The second-order valence-corrected chi connectivity index (χ2v) is 6.23. The van der Waals surface area contributed by atoms with Crippen LogP contribution >= 0.6 is 0 Å². The molecular formula is C21H16FN3. The van der Waals surface area contributed by atoms with Gasteiger partial charge in [-0.15, -0.1) is 0 Å². The summed E-state index contributed by atoms with van der Waals surface area (Å²) in [6.45, 7) is 2.68. The summed E-state index contributed by atoms with van der Waals surface area (Å²) in [4.78, 5) is 0. The summed E-state index contributed by atoms with van der Waals surface area (Å²) in [6.07, 6.45) is 2.07. The van der Waals surface area contributed by atoms with E-state index in [0.717, 1.165) is 28.0 Å². The first kappa shape index (κ1) is 15.3. The topological polar surface area (TPSA) is 41.6 Å². The third-order valence-electron chi connectivity index (χ3n) is 4.68. The number of rotatable bonds is 3. The van der Waals surface area contributed by atoms with E-state index in [1.165, 1.54) is 12.1 Å². The molecule has 0 bridgehead atoms. The first-order valence-corrected chi connectivity index (χ1v) is 8.19. The van der Waals surface area contributed by atoms with Gasteiger partial charge >= 0.3 is 0 Å². The molecule has 1 aliphatic rings. The van der Waals surface area contributed by atoms with Gasteiger partial charge in [-0.1, -0.05) is 49.4 Å². The monoisotopic (exact) mass is 329 g/mol. The zero-order valence-electron chi connectivity index (χ0n) is 13.8. The zero-order valence-corrected chi connectivity index (χ0v) is 13.8. The Balaban J connectivity index is 1.78. The number of nitriles is 1. The van der Waals surface area contributed by atoms with E-state index in [2.05, 4.69) is 24.2 Å². The highest BCUT2D eigenvalue weighted by atomic mass is 19.1. The number of nitrogens with zero attached hydrogens (tertiary/aromatic N) is 3. The van der Waals surface area contributed by atoms with Crippen LogP contribution < -0.4 is 0 Å². The van der Waals surface area contributed by atoms with Crippen molar-refractivity contribution in [3.05, 3.63) is 88.5 Å². The predicted molar refractivity (Wildman–Crippen MR) is 95.2 cm³/mol. The van der Waals surface area contributed by atoms with Crippen molar-refractivity contribution < 1.29 is 4.39 Å². The molecule has 0 unspecified atom stereocenters. The van der Waals surface area contributed by atoms with Gasteiger partial charge in [-0.3, -0.25) is 4.68 Å². The Kier molecular flexibility index (Phi) is 3.70. The maximum Gasteiger partial charge on any atom is 0.166 e. The van der Waals surface area contributed by atoms with Gasteiger partial charge in [0.2, 0.25) is 0 Å². The Labute approximate surface area is 145 Å². The molecule has 1 heterocycles. The summed E-state index contributed by atoms with van der Waals surface area (Å²) in [5.41, 5.74) is 5.58. The van der Waals surface area contributed by atoms with Crippen LogP contribution in [0.3, 0.4) is 0 Å². The summed E-state index contributed by atoms with van der Waals surface area (Å²) in [7, 11) is 0. The van der Waals surface area contributed by atoms with Gasteiger partial charge in [0.15, 0.2) is 5.69 Å². The van der Waals surface area contributed by atoms with Crippen molar-refractivity contribution in [3.63, 3.8) is 0 Å². The number of halogens is 1. The molecule has 0 amide bonds. The third kappa shape index (κ3) is 2.64. The number of benzene rings is 2. The highest BCUT2D eigenvalue weighted by Crippen LogP contribution is 2.43. The van der Waals surface area contributed by atoms with Crippen molar-refractivity contribution in [2.24, 2.45) is 0 Å². The second kappa shape index (κ2) is 6.03. The van der Waals surface area contributed by atoms with Crippen LogP contribution in [0.15, 0.2) is 54.6 Å². The summed E-state index contributed by atoms with van der Waals surface area (Å²) in [6, 6.07) is 18.8.